The highest BCUT2D eigenvalue weighted by molar-refractivity contribution is 8.00. The van der Waals surface area contributed by atoms with Crippen LogP contribution in [0, 0.1) is 0 Å². The van der Waals surface area contributed by atoms with Gasteiger partial charge in [0.15, 0.2) is 5.75 Å². The van der Waals surface area contributed by atoms with Crippen molar-refractivity contribution in [3.8, 4) is 5.75 Å². The Morgan fingerprint density at radius 2 is 1.72 bits per heavy atom. The van der Waals surface area contributed by atoms with Gasteiger partial charge < -0.3 is 10.2 Å². The normalized spacial score (nSPS) is 12.4. The highest BCUT2D eigenvalue weighted by Crippen LogP contribution is 2.44. The highest BCUT2D eigenvalue weighted by Gasteiger charge is 2.34. The maximum Gasteiger partial charge on any atom is 0.573 e. The molecule has 0 aliphatic carbocycles. The van der Waals surface area contributed by atoms with Gasteiger partial charge in [-0.1, -0.05) is 6.07 Å². The molecule has 0 aliphatic heterocycles. The van der Waals surface area contributed by atoms with Crippen molar-refractivity contribution in [2.75, 3.05) is 5.43 Å². The first-order valence-corrected chi connectivity index (χ1v) is 5.05. The Balaban J connectivity index is 3.10. The molecule has 0 saturated heterocycles. The van der Waals surface area contributed by atoms with Crippen molar-refractivity contribution < 1.29 is 31.1 Å². The lowest BCUT2D eigenvalue weighted by Gasteiger charge is -2.16. The average Bonchev–Trinajstić information content (AvgIpc) is 2.12. The molecule has 3 N–H and O–H groups in total. The molecular formula is C8H6F6N2OS. The van der Waals surface area contributed by atoms with E-state index in [-0.39, 0.29) is 0 Å². The van der Waals surface area contributed by atoms with Crippen LogP contribution < -0.4 is 16.0 Å². The minimum atomic E-state index is -5.02. The molecule has 0 spiro atoms. The first-order valence-electron chi connectivity index (χ1n) is 4.23. The Kier molecular flexibility index (Phi) is 4.22. The largest absolute Gasteiger partial charge is 0.573 e. The second-order valence-corrected chi connectivity index (χ2v) is 3.98. The zero-order chi connectivity index (χ0) is 14.0. The monoisotopic (exact) mass is 292 g/mol. The molecule has 0 aliphatic rings. The van der Waals surface area contributed by atoms with E-state index >= 15 is 0 Å². The van der Waals surface area contributed by atoms with E-state index in [1.807, 2.05) is 0 Å². The molecule has 3 nitrogen and oxygen atoms in total. The van der Waals surface area contributed by atoms with Gasteiger partial charge in [-0.25, -0.2) is 0 Å². The number of hydrazine groups is 1. The lowest BCUT2D eigenvalue weighted by molar-refractivity contribution is -0.274. The van der Waals surface area contributed by atoms with Crippen molar-refractivity contribution in [3.05, 3.63) is 18.2 Å². The first kappa shape index (κ1) is 14.8. The summed E-state index contributed by atoms with van der Waals surface area (Å²) in [5, 5.41) is 0. The average molecular weight is 292 g/mol. The Morgan fingerprint density at radius 3 is 2.17 bits per heavy atom. The van der Waals surface area contributed by atoms with Crippen LogP contribution in [-0.2, 0) is 0 Å². The van der Waals surface area contributed by atoms with Gasteiger partial charge in [-0.15, -0.1) is 13.2 Å². The van der Waals surface area contributed by atoms with E-state index in [9.17, 15) is 26.3 Å². The van der Waals surface area contributed by atoms with Crippen LogP contribution in [0.15, 0.2) is 23.1 Å². The Morgan fingerprint density at radius 1 is 1.11 bits per heavy atom. The number of rotatable bonds is 3. The van der Waals surface area contributed by atoms with E-state index in [2.05, 4.69) is 4.74 Å². The Bertz CT molecular complexity index is 385. The third-order valence-corrected chi connectivity index (χ3v) is 2.38. The summed E-state index contributed by atoms with van der Waals surface area (Å²) in [6, 6.07) is 2.82. The van der Waals surface area contributed by atoms with Crippen LogP contribution in [0.2, 0.25) is 0 Å². The fourth-order valence-electron chi connectivity index (χ4n) is 1.07. The van der Waals surface area contributed by atoms with Gasteiger partial charge in [0, 0.05) is 4.90 Å². The van der Waals surface area contributed by atoms with Crippen LogP contribution in [0.4, 0.5) is 32.0 Å². The molecular weight excluding hydrogens is 286 g/mol. The maximum absolute atomic E-state index is 12.2. The van der Waals surface area contributed by atoms with Gasteiger partial charge in [0.2, 0.25) is 0 Å². The molecule has 0 saturated carbocycles. The van der Waals surface area contributed by atoms with E-state index < -0.39 is 40.0 Å². The number of halogens is 6. The Hall–Kier alpha value is -1.29. The van der Waals surface area contributed by atoms with Crippen LogP contribution in [0.25, 0.3) is 0 Å². The minimum absolute atomic E-state index is 0.522. The van der Waals surface area contributed by atoms with Gasteiger partial charge in [-0.05, 0) is 23.9 Å². The van der Waals surface area contributed by atoms with Crippen molar-refractivity contribution in [2.24, 2.45) is 5.84 Å². The smallest absolute Gasteiger partial charge is 0.403 e. The van der Waals surface area contributed by atoms with E-state index in [0.717, 1.165) is 18.2 Å². The number of anilines is 1. The van der Waals surface area contributed by atoms with E-state index in [4.69, 9.17) is 5.84 Å². The molecule has 0 unspecified atom stereocenters. The third-order valence-electron chi connectivity index (χ3n) is 1.58. The van der Waals surface area contributed by atoms with Crippen molar-refractivity contribution in [2.45, 2.75) is 16.8 Å². The number of thioether (sulfide) groups is 1. The third kappa shape index (κ3) is 4.53. The molecule has 0 heterocycles. The highest BCUT2D eigenvalue weighted by atomic mass is 32.2. The van der Waals surface area contributed by atoms with E-state index in [1.165, 1.54) is 0 Å². The van der Waals surface area contributed by atoms with Crippen LogP contribution in [0.1, 0.15) is 0 Å². The number of benzene rings is 1. The molecule has 0 fully saturated rings. The zero-order valence-electron chi connectivity index (χ0n) is 8.39. The number of ether oxygens (including phenoxy) is 1. The number of hydrogen-bond donors (Lipinski definition) is 2. The number of alkyl halides is 6. The molecule has 0 aromatic heterocycles. The standard InChI is InChI=1S/C8H6F6N2OS/c9-7(10,11)17-4-2-1-3-5(6(4)16-15)18-8(12,13)14/h1-3,16H,15H2. The van der Waals surface area contributed by atoms with Crippen LogP contribution >= 0.6 is 11.8 Å². The molecule has 102 valence electrons. The van der Waals surface area contributed by atoms with Crippen LogP contribution in [0.5, 0.6) is 5.75 Å². The predicted octanol–water partition coefficient (Wildman–Crippen LogP) is 3.48. The number of nitrogens with two attached hydrogens (primary N) is 1. The molecule has 0 radical (unpaired) electrons. The van der Waals surface area contributed by atoms with Gasteiger partial charge in [-0.2, -0.15) is 13.2 Å². The van der Waals surface area contributed by atoms with Gasteiger partial charge in [0.25, 0.3) is 0 Å². The van der Waals surface area contributed by atoms with Crippen LogP contribution in [-0.4, -0.2) is 11.9 Å². The fraction of sp³-hybridized carbons (Fsp3) is 0.250. The summed E-state index contributed by atoms with van der Waals surface area (Å²) in [6.07, 6.45) is -5.02. The molecule has 0 amide bonds. The zero-order valence-corrected chi connectivity index (χ0v) is 9.21. The van der Waals surface area contributed by atoms with Gasteiger partial charge in [0.05, 0.1) is 0 Å². The molecule has 18 heavy (non-hydrogen) atoms. The van der Waals surface area contributed by atoms with E-state index in [1.54, 1.807) is 5.43 Å². The lowest BCUT2D eigenvalue weighted by Crippen LogP contribution is -2.19. The van der Waals surface area contributed by atoms with Crippen molar-refractivity contribution in [1.29, 1.82) is 0 Å². The number of hydrogen-bond acceptors (Lipinski definition) is 4. The summed E-state index contributed by atoms with van der Waals surface area (Å²) >= 11 is -0.598. The predicted molar refractivity (Wildman–Crippen MR) is 52.8 cm³/mol. The van der Waals surface area contributed by atoms with Gasteiger partial charge in [0.1, 0.15) is 5.69 Å². The molecule has 1 rings (SSSR count). The molecule has 0 atom stereocenters. The second kappa shape index (κ2) is 5.14. The number of nitrogens with one attached hydrogen (secondary N) is 1. The molecule has 0 bridgehead atoms. The fourth-order valence-corrected chi connectivity index (χ4v) is 1.73. The van der Waals surface area contributed by atoms with Gasteiger partial charge in [-0.3, -0.25) is 5.84 Å². The topological polar surface area (TPSA) is 47.3 Å². The van der Waals surface area contributed by atoms with Crippen molar-refractivity contribution in [1.82, 2.24) is 0 Å². The van der Waals surface area contributed by atoms with Crippen LogP contribution in [0.3, 0.4) is 0 Å². The SMILES string of the molecule is NNc1c(OC(F)(F)F)cccc1SC(F)(F)F. The number of para-hydroxylation sites is 1. The van der Waals surface area contributed by atoms with Gasteiger partial charge >= 0.3 is 11.9 Å². The summed E-state index contributed by atoms with van der Waals surface area (Å²) in [5.74, 6) is 4.08. The minimum Gasteiger partial charge on any atom is -0.403 e. The summed E-state index contributed by atoms with van der Waals surface area (Å²) in [4.78, 5) is -0.522. The summed E-state index contributed by atoms with van der Waals surface area (Å²) < 4.78 is 76.1. The molecule has 1 aromatic rings. The molecule has 1 aromatic carbocycles. The molecule has 10 heteroatoms. The second-order valence-electron chi connectivity index (χ2n) is 2.87. The maximum atomic E-state index is 12.2. The first-order chi connectivity index (χ1) is 8.12. The lowest BCUT2D eigenvalue weighted by atomic mass is 10.3. The Labute approximate surface area is 101 Å². The quantitative estimate of drug-likeness (QED) is 0.387. The number of nitrogen functional groups attached to an aromatic ring is 1. The van der Waals surface area contributed by atoms with Crippen molar-refractivity contribution in [3.63, 3.8) is 0 Å². The summed E-state index contributed by atoms with van der Waals surface area (Å²) in [6.45, 7) is 0. The summed E-state index contributed by atoms with van der Waals surface area (Å²) in [5.41, 5.74) is -3.47. The van der Waals surface area contributed by atoms with Crippen molar-refractivity contribution >= 4 is 17.4 Å². The van der Waals surface area contributed by atoms with E-state index in [0.29, 0.717) is 0 Å². The summed E-state index contributed by atoms with van der Waals surface area (Å²) in [7, 11) is 0.